The quantitative estimate of drug-likeness (QED) is 0.438. The van der Waals surface area contributed by atoms with E-state index < -0.39 is 0 Å². The second kappa shape index (κ2) is 6.77. The highest BCUT2D eigenvalue weighted by Crippen LogP contribution is 2.37. The van der Waals surface area contributed by atoms with E-state index in [9.17, 15) is 4.79 Å². The first-order valence-corrected chi connectivity index (χ1v) is 10.4. The van der Waals surface area contributed by atoms with Crippen molar-refractivity contribution in [2.45, 2.75) is 19.4 Å². The van der Waals surface area contributed by atoms with Crippen LogP contribution in [0.4, 0.5) is 11.6 Å². The second-order valence-corrected chi connectivity index (χ2v) is 8.03. The summed E-state index contributed by atoms with van der Waals surface area (Å²) in [5.74, 6) is 0.539. The van der Waals surface area contributed by atoms with Gasteiger partial charge in [-0.2, -0.15) is 4.98 Å². The zero-order valence-corrected chi connectivity index (χ0v) is 17.0. The van der Waals surface area contributed by atoms with E-state index in [-0.39, 0.29) is 11.6 Å². The van der Waals surface area contributed by atoms with Crippen molar-refractivity contribution in [1.82, 2.24) is 15.0 Å². The monoisotopic (exact) mass is 404 g/mol. The molecule has 3 heterocycles. The van der Waals surface area contributed by atoms with Crippen molar-refractivity contribution in [3.63, 3.8) is 0 Å². The Morgan fingerprint density at radius 1 is 0.935 bits per heavy atom. The average molecular weight is 404 g/mol. The van der Waals surface area contributed by atoms with E-state index in [1.807, 2.05) is 42.5 Å². The number of aromatic nitrogens is 3. The molecule has 5 nitrogen and oxygen atoms in total. The van der Waals surface area contributed by atoms with Crippen LogP contribution in [-0.4, -0.2) is 21.0 Å². The van der Waals surface area contributed by atoms with E-state index in [1.54, 1.807) is 6.20 Å². The highest BCUT2D eigenvalue weighted by atomic mass is 16.1. The summed E-state index contributed by atoms with van der Waals surface area (Å²) >= 11 is 0. The van der Waals surface area contributed by atoms with Crippen LogP contribution in [0.15, 0.2) is 83.8 Å². The molecule has 1 N–H and O–H groups in total. The lowest BCUT2D eigenvalue weighted by Crippen LogP contribution is -2.28. The van der Waals surface area contributed by atoms with Gasteiger partial charge in [0.25, 0.3) is 5.56 Å². The lowest BCUT2D eigenvalue weighted by molar-refractivity contribution is 0.740. The number of fused-ring (bicyclic) bond motifs is 3. The van der Waals surface area contributed by atoms with Gasteiger partial charge in [0.2, 0.25) is 5.95 Å². The number of hydrogen-bond acceptors (Lipinski definition) is 4. The maximum atomic E-state index is 13.3. The molecule has 0 saturated carbocycles. The summed E-state index contributed by atoms with van der Waals surface area (Å²) in [5.41, 5.74) is 4.48. The van der Waals surface area contributed by atoms with E-state index in [0.717, 1.165) is 34.0 Å². The molecule has 3 aromatic carbocycles. The lowest BCUT2D eigenvalue weighted by Gasteiger charge is -2.23. The molecule has 1 unspecified atom stereocenters. The van der Waals surface area contributed by atoms with Crippen molar-refractivity contribution < 1.29 is 0 Å². The van der Waals surface area contributed by atoms with Gasteiger partial charge in [-0.05, 0) is 47.4 Å². The molecular formula is C26H20N4O. The number of H-pyrrole nitrogens is 1. The van der Waals surface area contributed by atoms with Crippen molar-refractivity contribution in [1.29, 1.82) is 0 Å². The number of pyridine rings is 1. The number of aromatic amines is 1. The third-order valence-electron chi connectivity index (χ3n) is 6.11. The molecule has 0 bridgehead atoms. The van der Waals surface area contributed by atoms with Gasteiger partial charge in [-0.3, -0.25) is 9.78 Å². The first-order valence-electron chi connectivity index (χ1n) is 10.4. The second-order valence-electron chi connectivity index (χ2n) is 8.03. The van der Waals surface area contributed by atoms with Crippen LogP contribution in [0, 0.1) is 0 Å². The fourth-order valence-electron chi connectivity index (χ4n) is 4.74. The van der Waals surface area contributed by atoms with Gasteiger partial charge in [0, 0.05) is 23.5 Å². The van der Waals surface area contributed by atoms with Crippen LogP contribution in [0.2, 0.25) is 0 Å². The lowest BCUT2D eigenvalue weighted by atomic mass is 9.97. The number of hydrogen-bond donors (Lipinski definition) is 1. The van der Waals surface area contributed by atoms with Crippen molar-refractivity contribution in [3.05, 3.63) is 94.9 Å². The van der Waals surface area contributed by atoms with E-state index >= 15 is 0 Å². The molecule has 150 valence electrons. The van der Waals surface area contributed by atoms with Gasteiger partial charge in [0.15, 0.2) is 5.65 Å². The van der Waals surface area contributed by atoms with E-state index in [4.69, 9.17) is 4.98 Å². The van der Waals surface area contributed by atoms with Crippen molar-refractivity contribution in [2.24, 2.45) is 0 Å². The molecule has 0 aliphatic carbocycles. The molecule has 0 radical (unpaired) electrons. The summed E-state index contributed by atoms with van der Waals surface area (Å²) < 4.78 is 0. The summed E-state index contributed by atoms with van der Waals surface area (Å²) in [6, 6.07) is 24.7. The molecule has 1 atom stereocenters. The number of rotatable bonds is 2. The molecule has 1 aliphatic heterocycles. The average Bonchev–Trinajstić information content (AvgIpc) is 3.14. The van der Waals surface area contributed by atoms with Crippen LogP contribution in [0.5, 0.6) is 0 Å². The minimum Gasteiger partial charge on any atom is -0.309 e. The Morgan fingerprint density at radius 3 is 2.68 bits per heavy atom. The Morgan fingerprint density at radius 2 is 1.74 bits per heavy atom. The molecule has 2 aromatic heterocycles. The highest BCUT2D eigenvalue weighted by molar-refractivity contribution is 6.03. The topological polar surface area (TPSA) is 61.9 Å². The van der Waals surface area contributed by atoms with Gasteiger partial charge in [0.1, 0.15) is 0 Å². The number of nitrogens with one attached hydrogen (secondary N) is 1. The normalized spacial score (nSPS) is 15.5. The van der Waals surface area contributed by atoms with Crippen LogP contribution in [0.3, 0.4) is 0 Å². The molecule has 0 amide bonds. The fourth-order valence-corrected chi connectivity index (χ4v) is 4.74. The Balaban J connectivity index is 1.57. The molecule has 5 aromatic rings. The first kappa shape index (κ1) is 17.8. The smallest absolute Gasteiger partial charge is 0.262 e. The van der Waals surface area contributed by atoms with Crippen LogP contribution in [0.1, 0.15) is 12.5 Å². The summed E-state index contributed by atoms with van der Waals surface area (Å²) in [6.07, 6.45) is 2.65. The van der Waals surface area contributed by atoms with Gasteiger partial charge in [-0.15, -0.1) is 0 Å². The molecule has 6 rings (SSSR count). The van der Waals surface area contributed by atoms with Gasteiger partial charge in [-0.1, -0.05) is 60.7 Å². The largest absolute Gasteiger partial charge is 0.309 e. The molecule has 1 aliphatic rings. The maximum absolute atomic E-state index is 13.3. The Labute approximate surface area is 179 Å². The van der Waals surface area contributed by atoms with Crippen LogP contribution in [-0.2, 0) is 6.42 Å². The SMILES string of the molecule is CC1Cc2ccccc2N1c1nc2nccc(-c3cccc4ccccc34)c2c(=O)[nH]1. The Bertz CT molecular complexity index is 1520. The summed E-state index contributed by atoms with van der Waals surface area (Å²) in [4.78, 5) is 27.7. The van der Waals surface area contributed by atoms with Crippen LogP contribution >= 0.6 is 0 Å². The van der Waals surface area contributed by atoms with Crippen LogP contribution < -0.4 is 10.5 Å². The predicted octanol–water partition coefficient (Wildman–Crippen LogP) is 5.22. The van der Waals surface area contributed by atoms with Crippen molar-refractivity contribution >= 4 is 33.4 Å². The third kappa shape index (κ3) is 2.74. The first-order chi connectivity index (χ1) is 15.2. The summed E-state index contributed by atoms with van der Waals surface area (Å²) in [7, 11) is 0. The van der Waals surface area contributed by atoms with Gasteiger partial charge >= 0.3 is 0 Å². The van der Waals surface area contributed by atoms with Crippen LogP contribution in [0.25, 0.3) is 32.9 Å². The summed E-state index contributed by atoms with van der Waals surface area (Å²) in [6.45, 7) is 2.14. The molecule has 0 fully saturated rings. The Hall–Kier alpha value is -3.99. The van der Waals surface area contributed by atoms with E-state index in [2.05, 4.69) is 52.1 Å². The number of anilines is 2. The number of benzene rings is 3. The van der Waals surface area contributed by atoms with Gasteiger partial charge in [0.05, 0.1) is 5.39 Å². The van der Waals surface area contributed by atoms with Gasteiger partial charge < -0.3 is 4.90 Å². The number of para-hydroxylation sites is 1. The maximum Gasteiger partial charge on any atom is 0.262 e. The van der Waals surface area contributed by atoms with Crippen molar-refractivity contribution in [2.75, 3.05) is 4.90 Å². The minimum absolute atomic E-state index is 0.174. The minimum atomic E-state index is -0.174. The zero-order chi connectivity index (χ0) is 20.9. The highest BCUT2D eigenvalue weighted by Gasteiger charge is 2.29. The molecule has 0 saturated heterocycles. The molecular weight excluding hydrogens is 384 g/mol. The number of nitrogens with zero attached hydrogens (tertiary/aromatic N) is 3. The zero-order valence-electron chi connectivity index (χ0n) is 17.0. The predicted molar refractivity (Wildman–Crippen MR) is 125 cm³/mol. The van der Waals surface area contributed by atoms with E-state index in [1.165, 1.54) is 5.56 Å². The standard InChI is InChI=1S/C26H20N4O/c1-16-15-18-8-3-5-12-22(18)30(16)26-28-24-23(25(31)29-26)21(13-14-27-24)20-11-6-9-17-7-2-4-10-19(17)20/h2-14,16H,15H2,1H3,(H,27,28,29,31). The Kier molecular flexibility index (Phi) is 3.90. The molecule has 31 heavy (non-hydrogen) atoms. The molecule has 5 heteroatoms. The summed E-state index contributed by atoms with van der Waals surface area (Å²) in [5, 5.41) is 2.75. The van der Waals surface area contributed by atoms with Gasteiger partial charge in [-0.25, -0.2) is 4.98 Å². The van der Waals surface area contributed by atoms with E-state index in [0.29, 0.717) is 17.0 Å². The van der Waals surface area contributed by atoms with Crippen molar-refractivity contribution in [3.8, 4) is 11.1 Å². The molecule has 0 spiro atoms. The third-order valence-corrected chi connectivity index (χ3v) is 6.11. The fraction of sp³-hybridized carbons (Fsp3) is 0.115.